The molecule has 0 saturated carbocycles. The molecule has 0 aromatic heterocycles. The van der Waals surface area contributed by atoms with Crippen molar-refractivity contribution >= 4 is 11.9 Å². The van der Waals surface area contributed by atoms with E-state index in [0.29, 0.717) is 18.6 Å². The number of aromatic hydroxyl groups is 1. The molecule has 2 N–H and O–H groups in total. The summed E-state index contributed by atoms with van der Waals surface area (Å²) in [5.74, 6) is 0.361. The van der Waals surface area contributed by atoms with Crippen LogP contribution in [-0.2, 0) is 4.79 Å². The number of nitrogens with zero attached hydrogens (tertiary/aromatic N) is 1. The lowest BCUT2D eigenvalue weighted by Gasteiger charge is -2.51. The Morgan fingerprint density at radius 2 is 1.85 bits per heavy atom. The fraction of sp³-hybridized carbons (Fsp3) is 0.500. The monoisotopic (exact) mass is 373 g/mol. The van der Waals surface area contributed by atoms with Gasteiger partial charge in [0.25, 0.3) is 0 Å². The number of allylic oxidation sites excluding steroid dienone is 3. The molecule has 5 nitrogen and oxygen atoms in total. The number of rotatable bonds is 6. The Bertz CT molecular complexity index is 716. The number of ketones is 1. The molecule has 0 radical (unpaired) electrons. The normalized spacial score (nSPS) is 20.4. The maximum Gasteiger partial charge on any atom is 0.178 e. The Kier molecular flexibility index (Phi) is 6.50. The highest BCUT2D eigenvalue weighted by molar-refractivity contribution is 6.01. The Morgan fingerprint density at radius 1 is 1.22 bits per heavy atom. The van der Waals surface area contributed by atoms with Gasteiger partial charge in [-0.3, -0.25) is 4.79 Å². The summed E-state index contributed by atoms with van der Waals surface area (Å²) in [7, 11) is 0. The van der Waals surface area contributed by atoms with Crippen molar-refractivity contribution in [3.05, 3.63) is 42.0 Å². The average Bonchev–Trinajstić information content (AvgIpc) is 2.57. The van der Waals surface area contributed by atoms with Gasteiger partial charge in [0.2, 0.25) is 0 Å². The summed E-state index contributed by atoms with van der Waals surface area (Å²) >= 11 is 0. The van der Waals surface area contributed by atoms with Crippen LogP contribution in [0.3, 0.4) is 0 Å². The average molecular weight is 373 g/mol. The maximum absolute atomic E-state index is 11.7. The molecular formula is C22H31NO4. The van der Waals surface area contributed by atoms with Crippen molar-refractivity contribution in [2.75, 3.05) is 0 Å². The number of carbonyl (C=O) groups excluding carboxylic acids is 1. The molecule has 1 aliphatic heterocycles. The highest BCUT2D eigenvalue weighted by Gasteiger charge is 2.46. The summed E-state index contributed by atoms with van der Waals surface area (Å²) < 4.78 is 6.05. The summed E-state index contributed by atoms with van der Waals surface area (Å²) in [6, 6.07) is 5.10. The molecule has 5 heteroatoms. The molecule has 0 bridgehead atoms. The number of ether oxygens (including phenoxy) is 1. The third-order valence-corrected chi connectivity index (χ3v) is 4.84. The van der Waals surface area contributed by atoms with Crippen LogP contribution in [0.4, 0.5) is 0 Å². The van der Waals surface area contributed by atoms with Crippen molar-refractivity contribution in [1.82, 2.24) is 5.06 Å². The van der Waals surface area contributed by atoms with Crippen LogP contribution >= 0.6 is 0 Å². The van der Waals surface area contributed by atoms with Crippen molar-refractivity contribution in [2.24, 2.45) is 0 Å². The van der Waals surface area contributed by atoms with Crippen molar-refractivity contribution in [3.63, 3.8) is 0 Å². The number of phenols is 1. The van der Waals surface area contributed by atoms with Crippen molar-refractivity contribution < 1.29 is 19.8 Å². The van der Waals surface area contributed by atoms with Gasteiger partial charge in [0.05, 0.1) is 0 Å². The van der Waals surface area contributed by atoms with Gasteiger partial charge in [0.1, 0.15) is 6.10 Å². The number of benzene rings is 1. The van der Waals surface area contributed by atoms with Crippen molar-refractivity contribution in [2.45, 2.75) is 71.1 Å². The highest BCUT2D eigenvalue weighted by Crippen LogP contribution is 2.39. The second-order valence-electron chi connectivity index (χ2n) is 8.36. The van der Waals surface area contributed by atoms with Crippen LogP contribution in [0.1, 0.15) is 59.4 Å². The minimum Gasteiger partial charge on any atom is -0.504 e. The van der Waals surface area contributed by atoms with Crippen LogP contribution in [-0.4, -0.2) is 38.3 Å². The second-order valence-corrected chi connectivity index (χ2v) is 8.36. The minimum atomic E-state index is -0.420. The van der Waals surface area contributed by atoms with Gasteiger partial charge in [0.15, 0.2) is 17.3 Å². The highest BCUT2D eigenvalue weighted by atomic mass is 16.5. The molecule has 0 amide bonds. The zero-order valence-electron chi connectivity index (χ0n) is 16.9. The molecule has 1 aromatic carbocycles. The first-order valence-electron chi connectivity index (χ1n) is 9.42. The Morgan fingerprint density at radius 3 is 2.41 bits per heavy atom. The molecular weight excluding hydrogens is 342 g/mol. The predicted octanol–water partition coefficient (Wildman–Crippen LogP) is 4.73. The molecule has 1 fully saturated rings. The molecule has 0 spiro atoms. The standard InChI is InChI=1S/C22H31NO4/c1-6-7-8-17(24)11-9-16-10-12-20(19(25)13-16)27-18-14-21(2,3)23(26)22(4,5)15-18/h7-13,18,25-26H,6,14-15H2,1-5H3/b8-7+,11-9+. The van der Waals surface area contributed by atoms with E-state index in [1.165, 1.54) is 17.2 Å². The van der Waals surface area contributed by atoms with Crippen molar-refractivity contribution in [3.8, 4) is 11.5 Å². The number of carbonyl (C=O) groups is 1. The van der Waals surface area contributed by atoms with Gasteiger partial charge >= 0.3 is 0 Å². The molecule has 1 saturated heterocycles. The van der Waals surface area contributed by atoms with Gasteiger partial charge in [-0.25, -0.2) is 0 Å². The fourth-order valence-electron chi connectivity index (χ4n) is 3.65. The summed E-state index contributed by atoms with van der Waals surface area (Å²) in [5, 5.41) is 22.1. The molecule has 1 heterocycles. The minimum absolute atomic E-state index is 0.0377. The smallest absolute Gasteiger partial charge is 0.178 e. The third kappa shape index (κ3) is 5.44. The SMILES string of the molecule is CC/C=C/C(=O)/C=C/c1ccc(OC2CC(C)(C)N(O)C(C)(C)C2)c(O)c1. The van der Waals surface area contributed by atoms with Gasteiger partial charge < -0.3 is 15.1 Å². The lowest BCUT2D eigenvalue weighted by molar-refractivity contribution is -0.254. The molecule has 0 atom stereocenters. The van der Waals surface area contributed by atoms with E-state index in [2.05, 4.69) is 0 Å². The third-order valence-electron chi connectivity index (χ3n) is 4.84. The first-order valence-corrected chi connectivity index (χ1v) is 9.42. The van der Waals surface area contributed by atoms with E-state index in [1.807, 2.05) is 40.7 Å². The van der Waals surface area contributed by atoms with Crippen molar-refractivity contribution in [1.29, 1.82) is 0 Å². The number of phenolic OH excluding ortho intramolecular Hbond substituents is 1. The van der Waals surface area contributed by atoms with Gasteiger partial charge in [-0.1, -0.05) is 25.1 Å². The van der Waals surface area contributed by atoms with E-state index in [1.54, 1.807) is 24.3 Å². The fourth-order valence-corrected chi connectivity index (χ4v) is 3.65. The van der Waals surface area contributed by atoms with Gasteiger partial charge in [-0.2, -0.15) is 5.06 Å². The van der Waals surface area contributed by atoms with E-state index in [-0.39, 0.29) is 17.6 Å². The quantitative estimate of drug-likeness (QED) is 0.706. The molecule has 2 rings (SSSR count). The van der Waals surface area contributed by atoms with E-state index in [0.717, 1.165) is 12.0 Å². The maximum atomic E-state index is 11.7. The van der Waals surface area contributed by atoms with Crippen LogP contribution in [0, 0.1) is 0 Å². The van der Waals surface area contributed by atoms with Crippen LogP contribution < -0.4 is 4.74 Å². The topological polar surface area (TPSA) is 70.0 Å². The molecule has 27 heavy (non-hydrogen) atoms. The lowest BCUT2D eigenvalue weighted by atomic mass is 9.80. The van der Waals surface area contributed by atoms with E-state index in [9.17, 15) is 15.1 Å². The van der Waals surface area contributed by atoms with E-state index in [4.69, 9.17) is 4.74 Å². The number of hydrogen-bond acceptors (Lipinski definition) is 5. The summed E-state index contributed by atoms with van der Waals surface area (Å²) in [6.07, 6.45) is 8.47. The Balaban J connectivity index is 2.09. The van der Waals surface area contributed by atoms with Gasteiger partial charge in [-0.15, -0.1) is 0 Å². The summed E-state index contributed by atoms with van der Waals surface area (Å²) in [6.45, 7) is 9.87. The number of hydroxylamine groups is 2. The number of piperidine rings is 1. The first-order chi connectivity index (χ1) is 12.5. The van der Waals surface area contributed by atoms with Crippen LogP contribution in [0.5, 0.6) is 11.5 Å². The van der Waals surface area contributed by atoms with E-state index < -0.39 is 11.1 Å². The van der Waals surface area contributed by atoms with Crippen LogP contribution in [0.15, 0.2) is 36.4 Å². The zero-order chi connectivity index (χ0) is 20.2. The largest absolute Gasteiger partial charge is 0.504 e. The van der Waals surface area contributed by atoms with E-state index >= 15 is 0 Å². The molecule has 1 aliphatic rings. The lowest BCUT2D eigenvalue weighted by Crippen LogP contribution is -2.61. The van der Waals surface area contributed by atoms with Gasteiger partial charge in [-0.05, 0) is 64.0 Å². The predicted molar refractivity (Wildman–Crippen MR) is 107 cm³/mol. The summed E-state index contributed by atoms with van der Waals surface area (Å²) in [5.41, 5.74) is -0.113. The molecule has 0 unspecified atom stereocenters. The van der Waals surface area contributed by atoms with Crippen LogP contribution in [0.25, 0.3) is 6.08 Å². The Hall–Kier alpha value is -2.11. The zero-order valence-corrected chi connectivity index (χ0v) is 16.9. The molecule has 1 aromatic rings. The Labute approximate surface area is 161 Å². The van der Waals surface area contributed by atoms with Crippen LogP contribution in [0.2, 0.25) is 0 Å². The second kappa shape index (κ2) is 8.28. The summed E-state index contributed by atoms with van der Waals surface area (Å²) in [4.78, 5) is 11.7. The number of hydrogen-bond donors (Lipinski definition) is 2. The van der Waals surface area contributed by atoms with Gasteiger partial charge in [0, 0.05) is 23.9 Å². The first kappa shape index (κ1) is 21.2. The molecule has 148 valence electrons. The molecule has 0 aliphatic carbocycles.